The second-order valence-electron chi connectivity index (χ2n) is 6.13. The van der Waals surface area contributed by atoms with E-state index in [2.05, 4.69) is 5.32 Å². The van der Waals surface area contributed by atoms with Crippen LogP contribution in [0.5, 0.6) is 5.75 Å². The summed E-state index contributed by atoms with van der Waals surface area (Å²) in [6.45, 7) is 3.95. The van der Waals surface area contributed by atoms with Gasteiger partial charge in [0.2, 0.25) is 5.91 Å². The van der Waals surface area contributed by atoms with Gasteiger partial charge in [-0.15, -0.1) is 11.3 Å². The first kappa shape index (κ1) is 19.5. The van der Waals surface area contributed by atoms with Gasteiger partial charge in [0, 0.05) is 17.8 Å². The second-order valence-corrected chi connectivity index (χ2v) is 9.24. The van der Waals surface area contributed by atoms with Crippen molar-refractivity contribution < 1.29 is 17.9 Å². The molecule has 136 valence electrons. The molecule has 0 saturated carbocycles. The third-order valence-electron chi connectivity index (χ3n) is 3.70. The van der Waals surface area contributed by atoms with Crippen LogP contribution >= 0.6 is 11.3 Å². The summed E-state index contributed by atoms with van der Waals surface area (Å²) in [4.78, 5) is 12.9. The van der Waals surface area contributed by atoms with Crippen LogP contribution in [-0.2, 0) is 14.6 Å². The monoisotopic (exact) mass is 381 g/mol. The number of sulfone groups is 1. The van der Waals surface area contributed by atoms with Gasteiger partial charge >= 0.3 is 0 Å². The molecule has 0 fully saturated rings. The summed E-state index contributed by atoms with van der Waals surface area (Å²) in [5.74, 6) is 0.678. The summed E-state index contributed by atoms with van der Waals surface area (Å²) in [7, 11) is -2.10. The normalized spacial score (nSPS) is 12.8. The van der Waals surface area contributed by atoms with E-state index in [1.54, 1.807) is 18.2 Å². The molecule has 0 radical (unpaired) electrons. The van der Waals surface area contributed by atoms with Crippen LogP contribution in [0, 0.1) is 5.92 Å². The van der Waals surface area contributed by atoms with Crippen molar-refractivity contribution in [3.63, 3.8) is 0 Å². The zero-order valence-corrected chi connectivity index (χ0v) is 16.2. The van der Waals surface area contributed by atoms with Gasteiger partial charge in [0.25, 0.3) is 0 Å². The highest BCUT2D eigenvalue weighted by Gasteiger charge is 2.30. The van der Waals surface area contributed by atoms with Crippen LogP contribution in [0.15, 0.2) is 46.7 Å². The summed E-state index contributed by atoms with van der Waals surface area (Å²) in [5, 5.41) is 3.79. The lowest BCUT2D eigenvalue weighted by Crippen LogP contribution is -2.32. The van der Waals surface area contributed by atoms with Crippen LogP contribution in [0.2, 0.25) is 0 Å². The number of carbonyl (C=O) groups is 1. The number of carbonyl (C=O) groups excluding carboxylic acids is 1. The Morgan fingerprint density at radius 1 is 1.20 bits per heavy atom. The number of rotatable bonds is 8. The molecule has 0 aliphatic rings. The summed E-state index contributed by atoms with van der Waals surface area (Å²) in [6.07, 6.45) is 0.375. The van der Waals surface area contributed by atoms with E-state index in [0.29, 0.717) is 17.0 Å². The van der Waals surface area contributed by atoms with Crippen LogP contribution in [0.3, 0.4) is 0 Å². The number of benzene rings is 1. The van der Waals surface area contributed by atoms with Gasteiger partial charge in [-0.3, -0.25) is 4.79 Å². The van der Waals surface area contributed by atoms with E-state index in [9.17, 15) is 13.2 Å². The molecule has 0 saturated heterocycles. The highest BCUT2D eigenvalue weighted by Crippen LogP contribution is 2.32. The van der Waals surface area contributed by atoms with Crippen LogP contribution in [0.1, 0.15) is 30.4 Å². The fourth-order valence-corrected chi connectivity index (χ4v) is 5.20. The van der Waals surface area contributed by atoms with Crippen LogP contribution in [0.4, 0.5) is 0 Å². The molecule has 7 heteroatoms. The van der Waals surface area contributed by atoms with Crippen molar-refractivity contribution in [2.45, 2.75) is 30.4 Å². The highest BCUT2D eigenvalue weighted by atomic mass is 32.2. The van der Waals surface area contributed by atoms with E-state index < -0.39 is 15.1 Å². The summed E-state index contributed by atoms with van der Waals surface area (Å²) in [5.41, 5.74) is 0. The summed E-state index contributed by atoms with van der Waals surface area (Å²) >= 11 is 1.37. The number of hydrogen-bond donors (Lipinski definition) is 1. The summed E-state index contributed by atoms with van der Waals surface area (Å²) in [6, 6.07) is 9.90. The molecule has 0 bridgehead atoms. The lowest BCUT2D eigenvalue weighted by Gasteiger charge is -2.18. The maximum Gasteiger partial charge on any atom is 0.220 e. The minimum absolute atomic E-state index is 0.0560. The van der Waals surface area contributed by atoms with E-state index in [0.717, 1.165) is 0 Å². The molecular weight excluding hydrogens is 358 g/mol. The molecule has 0 aliphatic carbocycles. The molecule has 1 aromatic carbocycles. The molecule has 1 aromatic heterocycles. The van der Waals surface area contributed by atoms with Crippen molar-refractivity contribution in [3.8, 4) is 5.75 Å². The van der Waals surface area contributed by atoms with Crippen LogP contribution in [0.25, 0.3) is 0 Å². The molecular formula is C18H23NO4S2. The molecule has 25 heavy (non-hydrogen) atoms. The number of amides is 1. The number of ether oxygens (including phenoxy) is 1. The molecule has 0 unspecified atom stereocenters. The Balaban J connectivity index is 2.26. The van der Waals surface area contributed by atoms with Gasteiger partial charge in [-0.05, 0) is 41.6 Å². The Kier molecular flexibility index (Phi) is 6.61. The molecule has 2 rings (SSSR count). The van der Waals surface area contributed by atoms with Crippen molar-refractivity contribution in [2.24, 2.45) is 5.92 Å². The van der Waals surface area contributed by atoms with Gasteiger partial charge in [0.1, 0.15) is 11.0 Å². The third-order valence-corrected chi connectivity index (χ3v) is 6.94. The molecule has 1 amide bonds. The van der Waals surface area contributed by atoms with Gasteiger partial charge < -0.3 is 10.1 Å². The van der Waals surface area contributed by atoms with Gasteiger partial charge in [-0.1, -0.05) is 19.9 Å². The van der Waals surface area contributed by atoms with Crippen molar-refractivity contribution in [3.05, 3.63) is 46.7 Å². The second kappa shape index (κ2) is 8.49. The first-order chi connectivity index (χ1) is 11.8. The highest BCUT2D eigenvalue weighted by molar-refractivity contribution is 7.91. The molecule has 0 spiro atoms. The van der Waals surface area contributed by atoms with E-state index in [-0.39, 0.29) is 23.3 Å². The van der Waals surface area contributed by atoms with Crippen molar-refractivity contribution in [1.29, 1.82) is 0 Å². The standard InChI is InChI=1S/C18H23NO4S2/c1-13(2)11-18(20)19-12-17(16-5-4-10-24-16)25(21,22)15-8-6-14(23-3)7-9-15/h4-10,13,17H,11-12H2,1-3H3,(H,19,20)/t17-/m1/s1. The largest absolute Gasteiger partial charge is 0.497 e. The molecule has 1 heterocycles. The SMILES string of the molecule is COc1ccc(S(=O)(=O)[C@H](CNC(=O)CC(C)C)c2cccs2)cc1. The van der Waals surface area contributed by atoms with Gasteiger partial charge in [-0.2, -0.15) is 0 Å². The number of thiophene rings is 1. The minimum atomic E-state index is -3.63. The van der Waals surface area contributed by atoms with Crippen molar-refractivity contribution in [1.82, 2.24) is 5.32 Å². The quantitative estimate of drug-likeness (QED) is 0.760. The molecule has 0 aliphatic heterocycles. The third kappa shape index (κ3) is 5.06. The fourth-order valence-electron chi connectivity index (χ4n) is 2.42. The Labute approximate surface area is 152 Å². The lowest BCUT2D eigenvalue weighted by molar-refractivity contribution is -0.121. The zero-order chi connectivity index (χ0) is 18.4. The lowest BCUT2D eigenvalue weighted by atomic mass is 10.1. The predicted octanol–water partition coefficient (Wildman–Crippen LogP) is 3.43. The Morgan fingerprint density at radius 3 is 2.40 bits per heavy atom. The van der Waals surface area contributed by atoms with Gasteiger partial charge in [0.15, 0.2) is 9.84 Å². The summed E-state index contributed by atoms with van der Waals surface area (Å²) < 4.78 is 31.2. The van der Waals surface area contributed by atoms with Crippen LogP contribution in [-0.4, -0.2) is 28.0 Å². The molecule has 2 aromatic rings. The molecule has 5 nitrogen and oxygen atoms in total. The van der Waals surface area contributed by atoms with E-state index in [1.807, 2.05) is 25.3 Å². The average molecular weight is 382 g/mol. The molecule has 1 N–H and O–H groups in total. The Bertz CT molecular complexity index is 781. The predicted molar refractivity (Wildman–Crippen MR) is 99.7 cm³/mol. The van der Waals surface area contributed by atoms with Gasteiger partial charge in [0.05, 0.1) is 12.0 Å². The van der Waals surface area contributed by atoms with Crippen molar-refractivity contribution >= 4 is 27.1 Å². The van der Waals surface area contributed by atoms with Gasteiger partial charge in [-0.25, -0.2) is 8.42 Å². The first-order valence-electron chi connectivity index (χ1n) is 8.02. The topological polar surface area (TPSA) is 72.5 Å². The maximum atomic E-state index is 13.1. The number of hydrogen-bond acceptors (Lipinski definition) is 5. The number of nitrogens with one attached hydrogen (secondary N) is 1. The first-order valence-corrected chi connectivity index (χ1v) is 10.4. The number of methoxy groups -OCH3 is 1. The zero-order valence-electron chi connectivity index (χ0n) is 14.6. The Hall–Kier alpha value is -1.86. The fraction of sp³-hybridized carbons (Fsp3) is 0.389. The molecule has 1 atom stereocenters. The Morgan fingerprint density at radius 2 is 1.88 bits per heavy atom. The van der Waals surface area contributed by atoms with Crippen molar-refractivity contribution in [2.75, 3.05) is 13.7 Å². The smallest absolute Gasteiger partial charge is 0.220 e. The van der Waals surface area contributed by atoms with E-state index >= 15 is 0 Å². The maximum absolute atomic E-state index is 13.1. The average Bonchev–Trinajstić information content (AvgIpc) is 3.08. The van der Waals surface area contributed by atoms with E-state index in [1.165, 1.54) is 30.6 Å². The minimum Gasteiger partial charge on any atom is -0.497 e. The van der Waals surface area contributed by atoms with E-state index in [4.69, 9.17) is 4.74 Å². The van der Waals surface area contributed by atoms with Crippen LogP contribution < -0.4 is 10.1 Å².